The second-order valence-electron chi connectivity index (χ2n) is 4.88. The fourth-order valence-corrected chi connectivity index (χ4v) is 2.16. The van der Waals surface area contributed by atoms with Crippen molar-refractivity contribution in [3.63, 3.8) is 0 Å². The third-order valence-electron chi connectivity index (χ3n) is 3.49. The molecule has 1 aliphatic carbocycles. The molecule has 0 saturated heterocycles. The van der Waals surface area contributed by atoms with Gasteiger partial charge in [-0.3, -0.25) is 5.10 Å². The fourth-order valence-electron chi connectivity index (χ4n) is 2.16. The van der Waals surface area contributed by atoms with Gasteiger partial charge < -0.3 is 15.5 Å². The average Bonchev–Trinajstić information content (AvgIpc) is 3.05. The smallest absolute Gasteiger partial charge is 0.375 e. The maximum atomic E-state index is 11.5. The van der Waals surface area contributed by atoms with Gasteiger partial charge in [-0.1, -0.05) is 0 Å². The number of aromatic amines is 2. The Balaban J connectivity index is 1.81. The number of carbonyl (C=O) groups is 1. The van der Waals surface area contributed by atoms with Crippen molar-refractivity contribution < 1.29 is 9.53 Å². The van der Waals surface area contributed by atoms with Crippen LogP contribution in [0.1, 0.15) is 42.6 Å². The molecule has 8 nitrogen and oxygen atoms in total. The maximum Gasteiger partial charge on any atom is 0.375 e. The second-order valence-corrected chi connectivity index (χ2v) is 4.88. The number of hydrogen-bond donors (Lipinski definition) is 3. The Labute approximate surface area is 115 Å². The molecule has 3 rings (SSSR count). The van der Waals surface area contributed by atoms with Gasteiger partial charge in [0.1, 0.15) is 11.5 Å². The van der Waals surface area contributed by atoms with Crippen molar-refractivity contribution in [3.05, 3.63) is 17.8 Å². The number of hydrogen-bond acceptors (Lipinski definition) is 6. The van der Waals surface area contributed by atoms with E-state index in [0.717, 1.165) is 25.1 Å². The highest BCUT2D eigenvalue weighted by Gasteiger charge is 2.37. The lowest BCUT2D eigenvalue weighted by Gasteiger charge is -2.35. The molecule has 0 spiro atoms. The van der Waals surface area contributed by atoms with Crippen LogP contribution in [-0.2, 0) is 10.3 Å². The zero-order valence-corrected chi connectivity index (χ0v) is 11.1. The van der Waals surface area contributed by atoms with Crippen molar-refractivity contribution in [2.24, 2.45) is 5.73 Å². The van der Waals surface area contributed by atoms with Gasteiger partial charge >= 0.3 is 5.97 Å². The topological polar surface area (TPSA) is 123 Å². The van der Waals surface area contributed by atoms with Gasteiger partial charge in [0.25, 0.3) is 0 Å². The van der Waals surface area contributed by atoms with Crippen LogP contribution in [0.3, 0.4) is 0 Å². The predicted octanol–water partition coefficient (Wildman–Crippen LogP) is 0.709. The molecule has 1 saturated carbocycles. The van der Waals surface area contributed by atoms with E-state index in [1.807, 2.05) is 0 Å². The van der Waals surface area contributed by atoms with Crippen LogP contribution in [0.2, 0.25) is 0 Å². The van der Waals surface area contributed by atoms with E-state index in [4.69, 9.17) is 10.5 Å². The summed E-state index contributed by atoms with van der Waals surface area (Å²) in [6, 6.07) is 0. The lowest BCUT2D eigenvalue weighted by molar-refractivity contribution is 0.0512. The molecule has 1 fully saturated rings. The standard InChI is InChI=1S/C12H16N6O2/c1-2-20-10(19)9-16-8(17-18-9)7-6-14-11(15-7)12(13)4-3-5-12/h6H,2-5,13H2,1H3,(H,14,15)(H,16,17,18). The Morgan fingerprint density at radius 2 is 2.35 bits per heavy atom. The summed E-state index contributed by atoms with van der Waals surface area (Å²) in [6.45, 7) is 2.02. The summed E-state index contributed by atoms with van der Waals surface area (Å²) < 4.78 is 4.84. The van der Waals surface area contributed by atoms with Crippen molar-refractivity contribution in [1.82, 2.24) is 25.1 Å². The predicted molar refractivity (Wildman–Crippen MR) is 69.6 cm³/mol. The molecule has 2 aromatic heterocycles. The number of nitrogens with zero attached hydrogens (tertiary/aromatic N) is 3. The van der Waals surface area contributed by atoms with E-state index in [-0.39, 0.29) is 11.4 Å². The highest BCUT2D eigenvalue weighted by molar-refractivity contribution is 5.85. The Bertz CT molecular complexity index is 627. The number of ether oxygens (including phenoxy) is 1. The molecule has 0 amide bonds. The molecule has 2 heterocycles. The van der Waals surface area contributed by atoms with Gasteiger partial charge in [-0.2, -0.15) is 10.1 Å². The van der Waals surface area contributed by atoms with Crippen LogP contribution in [0.5, 0.6) is 0 Å². The first-order valence-electron chi connectivity index (χ1n) is 6.56. The third-order valence-corrected chi connectivity index (χ3v) is 3.49. The van der Waals surface area contributed by atoms with Crippen molar-refractivity contribution in [3.8, 4) is 11.5 Å². The summed E-state index contributed by atoms with van der Waals surface area (Å²) in [4.78, 5) is 23.0. The van der Waals surface area contributed by atoms with Crippen LogP contribution in [0, 0.1) is 0 Å². The number of rotatable bonds is 4. The van der Waals surface area contributed by atoms with Crippen LogP contribution < -0.4 is 5.73 Å². The molecule has 0 aliphatic heterocycles. The van der Waals surface area contributed by atoms with Gasteiger partial charge in [0, 0.05) is 0 Å². The zero-order chi connectivity index (χ0) is 14.2. The van der Waals surface area contributed by atoms with Crippen LogP contribution in [0.4, 0.5) is 0 Å². The molecule has 1 aliphatic rings. The molecular formula is C12H16N6O2. The number of imidazole rings is 1. The normalized spacial score (nSPS) is 16.7. The molecule has 0 aromatic carbocycles. The second kappa shape index (κ2) is 4.71. The van der Waals surface area contributed by atoms with E-state index in [1.165, 1.54) is 0 Å². The van der Waals surface area contributed by atoms with Crippen LogP contribution in [0.25, 0.3) is 11.5 Å². The quantitative estimate of drug-likeness (QED) is 0.707. The van der Waals surface area contributed by atoms with E-state index in [9.17, 15) is 4.79 Å². The SMILES string of the molecule is CCOC(=O)c1nc(-c2cnc(C3(N)CCC3)[nH]2)n[nH]1. The van der Waals surface area contributed by atoms with Gasteiger partial charge in [-0.05, 0) is 26.2 Å². The number of carbonyl (C=O) groups excluding carboxylic acids is 1. The van der Waals surface area contributed by atoms with Crippen molar-refractivity contribution >= 4 is 5.97 Å². The zero-order valence-electron chi connectivity index (χ0n) is 11.1. The van der Waals surface area contributed by atoms with Crippen LogP contribution in [-0.4, -0.2) is 37.7 Å². The van der Waals surface area contributed by atoms with Crippen molar-refractivity contribution in [1.29, 1.82) is 0 Å². The minimum atomic E-state index is -0.528. The summed E-state index contributed by atoms with van der Waals surface area (Å²) in [7, 11) is 0. The van der Waals surface area contributed by atoms with Crippen molar-refractivity contribution in [2.45, 2.75) is 31.7 Å². The summed E-state index contributed by atoms with van der Waals surface area (Å²) in [5.74, 6) is 0.653. The Kier molecular flexibility index (Phi) is 3.01. The number of nitrogens with two attached hydrogens (primary N) is 1. The lowest BCUT2D eigenvalue weighted by Crippen LogP contribution is -2.44. The molecule has 0 unspecified atom stereocenters. The fraction of sp³-hybridized carbons (Fsp3) is 0.500. The lowest BCUT2D eigenvalue weighted by atomic mass is 9.77. The van der Waals surface area contributed by atoms with E-state index >= 15 is 0 Å². The first-order chi connectivity index (χ1) is 9.62. The molecular weight excluding hydrogens is 260 g/mol. The van der Waals surface area contributed by atoms with Gasteiger partial charge in [-0.15, -0.1) is 0 Å². The first-order valence-corrected chi connectivity index (χ1v) is 6.56. The average molecular weight is 276 g/mol. The minimum absolute atomic E-state index is 0.0732. The number of nitrogens with one attached hydrogen (secondary N) is 2. The van der Waals surface area contributed by atoms with E-state index in [1.54, 1.807) is 13.1 Å². The summed E-state index contributed by atoms with van der Waals surface area (Å²) >= 11 is 0. The van der Waals surface area contributed by atoms with E-state index in [0.29, 0.717) is 18.1 Å². The van der Waals surface area contributed by atoms with Gasteiger partial charge in [0.05, 0.1) is 18.3 Å². The highest BCUT2D eigenvalue weighted by atomic mass is 16.5. The van der Waals surface area contributed by atoms with Crippen LogP contribution in [0.15, 0.2) is 6.20 Å². The van der Waals surface area contributed by atoms with E-state index < -0.39 is 5.97 Å². The van der Waals surface area contributed by atoms with Crippen LogP contribution >= 0.6 is 0 Å². The summed E-state index contributed by atoms with van der Waals surface area (Å²) in [6.07, 6.45) is 4.57. The molecule has 2 aromatic rings. The number of H-pyrrole nitrogens is 2. The van der Waals surface area contributed by atoms with Gasteiger partial charge in [-0.25, -0.2) is 9.78 Å². The molecule has 0 atom stereocenters. The van der Waals surface area contributed by atoms with Gasteiger partial charge in [0.2, 0.25) is 5.82 Å². The third kappa shape index (κ3) is 2.07. The monoisotopic (exact) mass is 276 g/mol. The highest BCUT2D eigenvalue weighted by Crippen LogP contribution is 2.37. The summed E-state index contributed by atoms with van der Waals surface area (Å²) in [5, 5.41) is 6.53. The largest absolute Gasteiger partial charge is 0.460 e. The molecule has 8 heteroatoms. The number of esters is 1. The maximum absolute atomic E-state index is 11.5. The summed E-state index contributed by atoms with van der Waals surface area (Å²) in [5.41, 5.74) is 6.46. The molecule has 0 radical (unpaired) electrons. The number of aromatic nitrogens is 5. The minimum Gasteiger partial charge on any atom is -0.460 e. The Hall–Kier alpha value is -2.22. The molecule has 106 valence electrons. The Morgan fingerprint density at radius 1 is 1.55 bits per heavy atom. The van der Waals surface area contributed by atoms with Crippen molar-refractivity contribution in [2.75, 3.05) is 6.61 Å². The molecule has 4 N–H and O–H groups in total. The first kappa shape index (κ1) is 12.8. The van der Waals surface area contributed by atoms with Gasteiger partial charge in [0.15, 0.2) is 5.82 Å². The van der Waals surface area contributed by atoms with E-state index in [2.05, 4.69) is 25.1 Å². The molecule has 0 bridgehead atoms. The Morgan fingerprint density at radius 3 is 3.00 bits per heavy atom. The molecule has 20 heavy (non-hydrogen) atoms.